The van der Waals surface area contributed by atoms with Gasteiger partial charge in [0.15, 0.2) is 0 Å². The van der Waals surface area contributed by atoms with E-state index in [2.05, 4.69) is 21.2 Å². The van der Waals surface area contributed by atoms with E-state index in [1.165, 1.54) is 4.90 Å². The predicted molar refractivity (Wildman–Crippen MR) is 99.5 cm³/mol. The molecular formula is C18H25BrN2O4. The second-order valence-electron chi connectivity index (χ2n) is 6.93. The highest BCUT2D eigenvalue weighted by Gasteiger charge is 2.40. The first-order valence-electron chi connectivity index (χ1n) is 8.38. The van der Waals surface area contributed by atoms with Crippen LogP contribution in [0.2, 0.25) is 0 Å². The Morgan fingerprint density at radius 2 is 2.00 bits per heavy atom. The number of aryl methyl sites for hydroxylation is 2. The summed E-state index contributed by atoms with van der Waals surface area (Å²) in [6.45, 7) is 8.21. The lowest BCUT2D eigenvalue weighted by Crippen LogP contribution is -2.43. The fourth-order valence-corrected chi connectivity index (χ4v) is 3.23. The lowest BCUT2D eigenvalue weighted by molar-refractivity contribution is -0.120. The number of benzene rings is 1. The van der Waals surface area contributed by atoms with Gasteiger partial charge in [-0.15, -0.1) is 0 Å². The van der Waals surface area contributed by atoms with Gasteiger partial charge in [-0.05, 0) is 59.0 Å². The van der Waals surface area contributed by atoms with Crippen molar-refractivity contribution in [3.05, 3.63) is 27.7 Å². The fourth-order valence-electron chi connectivity index (χ4n) is 2.68. The van der Waals surface area contributed by atoms with E-state index in [9.17, 15) is 14.7 Å². The number of amides is 2. The summed E-state index contributed by atoms with van der Waals surface area (Å²) < 4.78 is 5.99. The van der Waals surface area contributed by atoms with Crippen molar-refractivity contribution in [1.29, 1.82) is 0 Å². The molecular weight excluding hydrogens is 388 g/mol. The van der Waals surface area contributed by atoms with Gasteiger partial charge in [0.25, 0.3) is 0 Å². The molecule has 25 heavy (non-hydrogen) atoms. The molecule has 7 heteroatoms. The van der Waals surface area contributed by atoms with E-state index in [0.29, 0.717) is 5.69 Å². The van der Waals surface area contributed by atoms with Crippen molar-refractivity contribution in [2.24, 2.45) is 5.92 Å². The molecule has 1 aromatic rings. The minimum Gasteiger partial charge on any atom is -0.449 e. The van der Waals surface area contributed by atoms with Crippen LogP contribution in [-0.2, 0) is 9.53 Å². The van der Waals surface area contributed by atoms with Gasteiger partial charge in [0.2, 0.25) is 5.91 Å². The molecule has 2 N–H and O–H groups in total. The number of halogens is 1. The quantitative estimate of drug-likeness (QED) is 0.795. The van der Waals surface area contributed by atoms with Crippen molar-refractivity contribution in [2.75, 3.05) is 18.5 Å². The van der Waals surface area contributed by atoms with Crippen LogP contribution in [0.25, 0.3) is 0 Å². The van der Waals surface area contributed by atoms with Crippen molar-refractivity contribution >= 4 is 33.6 Å². The van der Waals surface area contributed by atoms with Gasteiger partial charge in [-0.3, -0.25) is 9.69 Å². The second kappa shape index (κ2) is 8.19. The summed E-state index contributed by atoms with van der Waals surface area (Å²) in [7, 11) is 0. The Bertz CT molecular complexity index is 663. The Hall–Kier alpha value is -1.60. The highest BCUT2D eigenvalue weighted by atomic mass is 79.9. The molecule has 1 aliphatic heterocycles. The molecule has 0 unspecified atom stereocenters. The molecule has 1 fully saturated rings. The molecule has 2 atom stereocenters. The van der Waals surface area contributed by atoms with Crippen LogP contribution in [0, 0.1) is 19.8 Å². The van der Waals surface area contributed by atoms with Crippen LogP contribution in [0.5, 0.6) is 0 Å². The maximum atomic E-state index is 12.7. The number of aliphatic hydroxyl groups excluding tert-OH is 1. The zero-order valence-electron chi connectivity index (χ0n) is 15.0. The average Bonchev–Trinajstić information content (AvgIpc) is 2.92. The monoisotopic (exact) mass is 412 g/mol. The molecule has 6 nitrogen and oxygen atoms in total. The molecule has 1 heterocycles. The smallest absolute Gasteiger partial charge is 0.410 e. The first kappa shape index (κ1) is 19.7. The Morgan fingerprint density at radius 1 is 1.36 bits per heavy atom. The average molecular weight is 413 g/mol. The number of carbonyl (C=O) groups excluding carboxylic acids is 2. The van der Waals surface area contributed by atoms with Crippen LogP contribution < -0.4 is 5.32 Å². The molecule has 0 aromatic heterocycles. The number of anilines is 1. The van der Waals surface area contributed by atoms with E-state index in [1.54, 1.807) is 0 Å². The third kappa shape index (κ3) is 4.95. The lowest BCUT2D eigenvalue weighted by atomic mass is 10.1. The zero-order valence-corrected chi connectivity index (χ0v) is 16.6. The van der Waals surface area contributed by atoms with Crippen molar-refractivity contribution in [3.8, 4) is 0 Å². The van der Waals surface area contributed by atoms with Gasteiger partial charge >= 0.3 is 6.09 Å². The summed E-state index contributed by atoms with van der Waals surface area (Å²) in [6.07, 6.45) is -1.10. The third-order valence-electron chi connectivity index (χ3n) is 4.20. The Morgan fingerprint density at radius 3 is 2.64 bits per heavy atom. The molecule has 0 spiro atoms. The topological polar surface area (TPSA) is 78.9 Å². The molecule has 2 amide bonds. The van der Waals surface area contributed by atoms with E-state index in [0.717, 1.165) is 15.6 Å². The summed E-state index contributed by atoms with van der Waals surface area (Å²) in [5.74, 6) is -0.128. The summed E-state index contributed by atoms with van der Waals surface area (Å²) >= 11 is 3.45. The summed E-state index contributed by atoms with van der Waals surface area (Å²) in [6, 6.07) is 3.07. The van der Waals surface area contributed by atoms with Crippen molar-refractivity contribution < 1.29 is 19.4 Å². The first-order valence-corrected chi connectivity index (χ1v) is 9.17. The van der Waals surface area contributed by atoms with Crippen molar-refractivity contribution in [3.63, 3.8) is 0 Å². The van der Waals surface area contributed by atoms with Gasteiger partial charge in [-0.25, -0.2) is 4.79 Å². The minimum absolute atomic E-state index is 0.100. The SMILES string of the molecule is Cc1cc(Br)c(NC(=O)[C@@H]2C[C@@H](O)CN2C(=O)OCC(C)C)cc1C. The standard InChI is InChI=1S/C18H25BrN2O4/c1-10(2)9-25-18(24)21-8-13(22)7-16(21)17(23)20-15-6-12(4)11(3)5-14(15)19/h5-6,10,13,16,22H,7-9H2,1-4H3,(H,20,23)/t13-,16+/m1/s1. The van der Waals surface area contributed by atoms with E-state index in [-0.39, 0.29) is 31.4 Å². The lowest BCUT2D eigenvalue weighted by Gasteiger charge is -2.24. The predicted octanol–water partition coefficient (Wildman–Crippen LogP) is 3.23. The van der Waals surface area contributed by atoms with Crippen molar-refractivity contribution in [2.45, 2.75) is 46.3 Å². The summed E-state index contributed by atoms with van der Waals surface area (Å²) in [5.41, 5.74) is 2.81. The number of ether oxygens (including phenoxy) is 1. The number of nitrogens with zero attached hydrogens (tertiary/aromatic N) is 1. The molecule has 138 valence electrons. The first-order chi connectivity index (χ1) is 11.7. The Balaban J connectivity index is 2.11. The normalized spacial score (nSPS) is 20.0. The Labute approximate surface area is 156 Å². The number of carbonyl (C=O) groups is 2. The zero-order chi connectivity index (χ0) is 18.7. The molecule has 2 rings (SSSR count). The minimum atomic E-state index is -0.747. The molecule has 0 radical (unpaired) electrons. The number of likely N-dealkylation sites (tertiary alicyclic amines) is 1. The van der Waals surface area contributed by atoms with Gasteiger partial charge in [0.1, 0.15) is 6.04 Å². The fraction of sp³-hybridized carbons (Fsp3) is 0.556. The molecule has 1 aliphatic rings. The van der Waals surface area contributed by atoms with Crippen LogP contribution >= 0.6 is 15.9 Å². The second-order valence-corrected chi connectivity index (χ2v) is 7.79. The van der Waals surface area contributed by atoms with Gasteiger partial charge in [0, 0.05) is 10.9 Å². The van der Waals surface area contributed by atoms with Crippen LogP contribution in [0.15, 0.2) is 16.6 Å². The van der Waals surface area contributed by atoms with Crippen LogP contribution in [0.4, 0.5) is 10.5 Å². The van der Waals surface area contributed by atoms with E-state index in [4.69, 9.17) is 4.74 Å². The van der Waals surface area contributed by atoms with Crippen molar-refractivity contribution in [1.82, 2.24) is 4.90 Å². The van der Waals surface area contributed by atoms with Gasteiger partial charge < -0.3 is 15.2 Å². The molecule has 0 bridgehead atoms. The van der Waals surface area contributed by atoms with Crippen LogP contribution in [0.3, 0.4) is 0 Å². The molecule has 1 saturated heterocycles. The van der Waals surface area contributed by atoms with Crippen LogP contribution in [0.1, 0.15) is 31.4 Å². The number of hydrogen-bond acceptors (Lipinski definition) is 4. The molecule has 1 aromatic carbocycles. The van der Waals surface area contributed by atoms with Gasteiger partial charge in [-0.2, -0.15) is 0 Å². The largest absolute Gasteiger partial charge is 0.449 e. The van der Waals surface area contributed by atoms with E-state index < -0.39 is 18.2 Å². The Kier molecular flexibility index (Phi) is 6.46. The number of hydrogen-bond donors (Lipinski definition) is 2. The highest BCUT2D eigenvalue weighted by Crippen LogP contribution is 2.28. The number of aliphatic hydroxyl groups is 1. The van der Waals surface area contributed by atoms with Crippen LogP contribution in [-0.4, -0.2) is 47.3 Å². The number of rotatable bonds is 4. The van der Waals surface area contributed by atoms with E-state index in [1.807, 2.05) is 39.8 Å². The van der Waals surface area contributed by atoms with E-state index >= 15 is 0 Å². The third-order valence-corrected chi connectivity index (χ3v) is 4.85. The van der Waals surface area contributed by atoms with Gasteiger partial charge in [-0.1, -0.05) is 13.8 Å². The summed E-state index contributed by atoms with van der Waals surface area (Å²) in [5, 5.41) is 12.8. The number of nitrogens with one attached hydrogen (secondary N) is 1. The van der Waals surface area contributed by atoms with Gasteiger partial charge in [0.05, 0.1) is 24.9 Å². The summed E-state index contributed by atoms with van der Waals surface area (Å²) in [4.78, 5) is 26.2. The molecule has 0 aliphatic carbocycles. The maximum absolute atomic E-state index is 12.7. The number of β-amino-alcohol motifs (C(OH)–C–C–N with tert-alkyl or cyclic N) is 1. The molecule has 0 saturated carbocycles. The highest BCUT2D eigenvalue weighted by molar-refractivity contribution is 9.10. The maximum Gasteiger partial charge on any atom is 0.410 e.